The maximum absolute atomic E-state index is 13.6. The molecule has 3 heterocycles. The smallest absolute Gasteiger partial charge is 0.253 e. The van der Waals surface area contributed by atoms with Crippen LogP contribution in [0.5, 0.6) is 11.5 Å². The van der Waals surface area contributed by atoms with E-state index in [2.05, 4.69) is 23.8 Å². The molecule has 9 heteroatoms. The van der Waals surface area contributed by atoms with Crippen molar-refractivity contribution < 1.29 is 19.0 Å². The number of benzene rings is 1. The van der Waals surface area contributed by atoms with E-state index in [0.717, 1.165) is 41.3 Å². The second kappa shape index (κ2) is 11.0. The topological polar surface area (TPSA) is 69.1 Å². The van der Waals surface area contributed by atoms with Crippen molar-refractivity contribution in [1.82, 2.24) is 19.6 Å². The van der Waals surface area contributed by atoms with E-state index in [4.69, 9.17) is 25.8 Å². The molecule has 1 atom stereocenters. The Hall–Kier alpha value is -2.29. The van der Waals surface area contributed by atoms with Gasteiger partial charge in [0.05, 0.1) is 25.5 Å². The lowest BCUT2D eigenvalue weighted by molar-refractivity contribution is -0.151. The van der Waals surface area contributed by atoms with Gasteiger partial charge in [0.15, 0.2) is 11.5 Å². The predicted octanol–water partition coefficient (Wildman–Crippen LogP) is 3.43. The molecule has 186 valence electrons. The highest BCUT2D eigenvalue weighted by Gasteiger charge is 2.31. The first-order valence-corrected chi connectivity index (χ1v) is 12.4. The Balaban J connectivity index is 1.46. The lowest BCUT2D eigenvalue weighted by atomic mass is 10.1. The monoisotopic (exact) mass is 490 g/mol. The SMILES string of the molecule is Cc1nn(C)c(Cl)c1CN1CCO[C@@H](C(=O)N(Cc2ccc3c(c2)OCCCO3)CC(C)C)C1. The zero-order valence-electron chi connectivity index (χ0n) is 20.6. The van der Waals surface area contributed by atoms with Gasteiger partial charge in [-0.25, -0.2) is 0 Å². The van der Waals surface area contributed by atoms with Crippen LogP contribution in [0.4, 0.5) is 0 Å². The Morgan fingerprint density at radius 1 is 1.24 bits per heavy atom. The van der Waals surface area contributed by atoms with Crippen LogP contribution in [0.3, 0.4) is 0 Å². The Kier molecular flexibility index (Phi) is 8.01. The van der Waals surface area contributed by atoms with Crippen LogP contribution in [0, 0.1) is 12.8 Å². The van der Waals surface area contributed by atoms with Gasteiger partial charge in [-0.1, -0.05) is 31.5 Å². The van der Waals surface area contributed by atoms with E-state index < -0.39 is 6.10 Å². The number of hydrogen-bond donors (Lipinski definition) is 0. The number of nitrogens with zero attached hydrogens (tertiary/aromatic N) is 4. The minimum atomic E-state index is -0.510. The van der Waals surface area contributed by atoms with E-state index in [1.165, 1.54) is 0 Å². The van der Waals surface area contributed by atoms with Gasteiger partial charge >= 0.3 is 0 Å². The minimum Gasteiger partial charge on any atom is -0.490 e. The first-order chi connectivity index (χ1) is 16.3. The Labute approximate surface area is 206 Å². The van der Waals surface area contributed by atoms with Gasteiger partial charge in [-0.3, -0.25) is 14.4 Å². The molecule has 2 aliphatic heterocycles. The van der Waals surface area contributed by atoms with Crippen molar-refractivity contribution >= 4 is 17.5 Å². The van der Waals surface area contributed by atoms with Crippen molar-refractivity contribution in [1.29, 1.82) is 0 Å². The van der Waals surface area contributed by atoms with Crippen LogP contribution in [0.1, 0.15) is 37.1 Å². The molecule has 0 radical (unpaired) electrons. The maximum atomic E-state index is 13.6. The number of morpholine rings is 1. The average Bonchev–Trinajstić information content (AvgIpc) is 2.97. The molecule has 2 aliphatic rings. The third-order valence-corrected chi connectivity index (χ3v) is 6.63. The molecule has 1 aromatic heterocycles. The number of aromatic nitrogens is 2. The first kappa shape index (κ1) is 24.8. The molecule has 1 fully saturated rings. The van der Waals surface area contributed by atoms with Crippen LogP contribution in [-0.2, 0) is 29.7 Å². The highest BCUT2D eigenvalue weighted by Crippen LogP contribution is 2.31. The fraction of sp³-hybridized carbons (Fsp3) is 0.600. The van der Waals surface area contributed by atoms with Crippen LogP contribution < -0.4 is 9.47 Å². The number of hydrogen-bond acceptors (Lipinski definition) is 6. The predicted molar refractivity (Wildman–Crippen MR) is 130 cm³/mol. The van der Waals surface area contributed by atoms with Crippen LogP contribution in [-0.4, -0.2) is 71.0 Å². The number of carbonyl (C=O) groups excluding carboxylic acids is 1. The molecular formula is C25H35ClN4O4. The number of rotatable bonds is 7. The molecule has 1 aromatic carbocycles. The molecule has 8 nitrogen and oxygen atoms in total. The van der Waals surface area contributed by atoms with Crippen LogP contribution in [0.15, 0.2) is 18.2 Å². The summed E-state index contributed by atoms with van der Waals surface area (Å²) in [6.07, 6.45) is 0.352. The largest absolute Gasteiger partial charge is 0.490 e. The Bertz CT molecular complexity index is 1010. The summed E-state index contributed by atoms with van der Waals surface area (Å²) < 4.78 is 19.2. The van der Waals surface area contributed by atoms with Crippen molar-refractivity contribution in [2.45, 2.75) is 46.4 Å². The van der Waals surface area contributed by atoms with E-state index in [-0.39, 0.29) is 5.91 Å². The molecule has 34 heavy (non-hydrogen) atoms. The molecule has 4 rings (SSSR count). The van der Waals surface area contributed by atoms with Gasteiger partial charge in [0, 0.05) is 51.8 Å². The van der Waals surface area contributed by atoms with Gasteiger partial charge in [-0.15, -0.1) is 0 Å². The molecule has 0 bridgehead atoms. The highest BCUT2D eigenvalue weighted by molar-refractivity contribution is 6.30. The van der Waals surface area contributed by atoms with Crippen LogP contribution in [0.2, 0.25) is 5.15 Å². The molecule has 0 N–H and O–H groups in total. The molecule has 0 saturated carbocycles. The summed E-state index contributed by atoms with van der Waals surface area (Å²) in [5, 5.41) is 5.05. The molecule has 1 amide bonds. The third kappa shape index (κ3) is 5.85. The second-order valence-corrected chi connectivity index (χ2v) is 9.88. The average molecular weight is 491 g/mol. The fourth-order valence-corrected chi connectivity index (χ4v) is 4.71. The third-order valence-electron chi connectivity index (χ3n) is 6.16. The fourth-order valence-electron chi connectivity index (χ4n) is 4.48. The summed E-state index contributed by atoms with van der Waals surface area (Å²) >= 11 is 6.44. The summed E-state index contributed by atoms with van der Waals surface area (Å²) in [5.41, 5.74) is 2.94. The molecule has 2 aromatic rings. The van der Waals surface area contributed by atoms with Crippen molar-refractivity contribution in [3.63, 3.8) is 0 Å². The van der Waals surface area contributed by atoms with E-state index in [9.17, 15) is 4.79 Å². The van der Waals surface area contributed by atoms with Gasteiger partial charge in [0.1, 0.15) is 11.3 Å². The van der Waals surface area contributed by atoms with Gasteiger partial charge < -0.3 is 19.1 Å². The van der Waals surface area contributed by atoms with Crippen molar-refractivity contribution in [3.05, 3.63) is 40.2 Å². The minimum absolute atomic E-state index is 0.0134. The van der Waals surface area contributed by atoms with E-state index in [1.807, 2.05) is 37.1 Å². The number of halogens is 1. The van der Waals surface area contributed by atoms with E-state index in [1.54, 1.807) is 4.68 Å². The van der Waals surface area contributed by atoms with Crippen molar-refractivity contribution in [2.24, 2.45) is 13.0 Å². The highest BCUT2D eigenvalue weighted by atomic mass is 35.5. The maximum Gasteiger partial charge on any atom is 0.253 e. The number of aryl methyl sites for hydroxylation is 2. The Morgan fingerprint density at radius 3 is 2.71 bits per heavy atom. The summed E-state index contributed by atoms with van der Waals surface area (Å²) in [7, 11) is 1.84. The molecular weight excluding hydrogens is 456 g/mol. The molecule has 1 saturated heterocycles. The number of amides is 1. The van der Waals surface area contributed by atoms with E-state index in [0.29, 0.717) is 57.1 Å². The number of fused-ring (bicyclic) bond motifs is 1. The molecule has 0 spiro atoms. The zero-order chi connectivity index (χ0) is 24.2. The number of carbonyl (C=O) groups is 1. The first-order valence-electron chi connectivity index (χ1n) is 12.0. The van der Waals surface area contributed by atoms with Gasteiger partial charge in [-0.2, -0.15) is 5.10 Å². The van der Waals surface area contributed by atoms with Gasteiger partial charge in [0.2, 0.25) is 0 Å². The molecule has 0 aliphatic carbocycles. The normalized spacial score (nSPS) is 18.7. The summed E-state index contributed by atoms with van der Waals surface area (Å²) in [5.74, 6) is 1.86. The summed E-state index contributed by atoms with van der Waals surface area (Å²) in [6.45, 7) is 11.1. The van der Waals surface area contributed by atoms with Crippen molar-refractivity contribution in [2.75, 3.05) is 39.5 Å². The second-order valence-electron chi connectivity index (χ2n) is 9.52. The quantitative estimate of drug-likeness (QED) is 0.592. The molecule has 0 unspecified atom stereocenters. The summed E-state index contributed by atoms with van der Waals surface area (Å²) in [4.78, 5) is 17.7. The van der Waals surface area contributed by atoms with Gasteiger partial charge in [0.25, 0.3) is 5.91 Å². The number of ether oxygens (including phenoxy) is 3. The lowest BCUT2D eigenvalue weighted by Crippen LogP contribution is -2.51. The van der Waals surface area contributed by atoms with Crippen LogP contribution >= 0.6 is 11.6 Å². The standard InChI is InChI=1S/C25H35ClN4O4/c1-17(2)13-30(14-19-6-7-21-22(12-19)33-10-5-9-32-21)25(31)23-16-29(8-11-34-23)15-20-18(3)27-28(4)24(20)26/h6-7,12,17,23H,5,8-11,13-16H2,1-4H3/t23-/m1/s1. The van der Waals surface area contributed by atoms with Crippen molar-refractivity contribution in [3.8, 4) is 11.5 Å². The van der Waals surface area contributed by atoms with E-state index >= 15 is 0 Å². The van der Waals surface area contributed by atoms with Gasteiger partial charge in [-0.05, 0) is 30.5 Å². The lowest BCUT2D eigenvalue weighted by Gasteiger charge is -2.35. The summed E-state index contributed by atoms with van der Waals surface area (Å²) in [6, 6.07) is 5.94. The van der Waals surface area contributed by atoms with Crippen LogP contribution in [0.25, 0.3) is 0 Å². The Morgan fingerprint density at radius 2 is 2.00 bits per heavy atom. The zero-order valence-corrected chi connectivity index (χ0v) is 21.3.